The molecule has 1 heterocycles. The molecular formula is C19H26BrNO2. The van der Waals surface area contributed by atoms with Gasteiger partial charge in [-0.25, -0.2) is 0 Å². The predicted octanol–water partition coefficient (Wildman–Crippen LogP) is 4.44. The fourth-order valence-corrected chi connectivity index (χ4v) is 3.49. The number of hydrogen-bond acceptors (Lipinski definition) is 3. The van der Waals surface area contributed by atoms with Crippen LogP contribution in [0.3, 0.4) is 0 Å². The molecule has 0 saturated carbocycles. The molecule has 1 aromatic carbocycles. The molecule has 23 heavy (non-hydrogen) atoms. The van der Waals surface area contributed by atoms with Crippen molar-refractivity contribution in [3.05, 3.63) is 52.3 Å². The molecule has 0 amide bonds. The third-order valence-electron chi connectivity index (χ3n) is 4.32. The minimum atomic E-state index is 0.218. The quantitative estimate of drug-likeness (QED) is 0.792. The second kappa shape index (κ2) is 8.02. The van der Waals surface area contributed by atoms with Crippen molar-refractivity contribution in [1.29, 1.82) is 0 Å². The van der Waals surface area contributed by atoms with E-state index in [1.807, 2.05) is 37.4 Å². The Kier molecular flexibility index (Phi) is 6.31. The lowest BCUT2D eigenvalue weighted by Crippen LogP contribution is -2.33. The van der Waals surface area contributed by atoms with E-state index in [1.54, 1.807) is 0 Å². The topological polar surface area (TPSA) is 32.7 Å². The average molecular weight is 380 g/mol. The maximum Gasteiger partial charge on any atom is 0.196 e. The van der Waals surface area contributed by atoms with Crippen LogP contribution < -0.4 is 4.74 Å². The first-order chi connectivity index (χ1) is 10.9. The minimum Gasteiger partial charge on any atom is -0.441 e. The summed E-state index contributed by atoms with van der Waals surface area (Å²) in [5.74, 6) is 2.81. The molecular weight excluding hydrogens is 354 g/mol. The minimum absolute atomic E-state index is 0.218. The van der Waals surface area contributed by atoms with E-state index in [2.05, 4.69) is 47.7 Å². The smallest absolute Gasteiger partial charge is 0.196 e. The summed E-state index contributed by atoms with van der Waals surface area (Å²) in [6.07, 6.45) is 4.19. The van der Waals surface area contributed by atoms with Gasteiger partial charge in [-0.05, 0) is 53.7 Å². The van der Waals surface area contributed by atoms with E-state index in [1.165, 1.54) is 5.57 Å². The zero-order chi connectivity index (χ0) is 17.0. The number of halogens is 1. The molecule has 0 aliphatic carbocycles. The first kappa shape index (κ1) is 18.1. The molecule has 0 bridgehead atoms. The molecule has 1 aromatic rings. The Balaban J connectivity index is 2.17. The van der Waals surface area contributed by atoms with Crippen molar-refractivity contribution in [2.75, 3.05) is 20.2 Å². The van der Waals surface area contributed by atoms with Crippen molar-refractivity contribution in [2.24, 2.45) is 17.8 Å². The van der Waals surface area contributed by atoms with Crippen LogP contribution in [0.15, 0.2) is 52.3 Å². The molecule has 1 aliphatic rings. The molecule has 126 valence electrons. The molecule has 0 aromatic heterocycles. The molecule has 3 nitrogen and oxygen atoms in total. The van der Waals surface area contributed by atoms with Gasteiger partial charge in [0.05, 0.1) is 0 Å². The monoisotopic (exact) mass is 379 g/mol. The summed E-state index contributed by atoms with van der Waals surface area (Å²) in [4.78, 5) is 2.12. The van der Waals surface area contributed by atoms with Gasteiger partial charge < -0.3 is 14.7 Å². The van der Waals surface area contributed by atoms with E-state index in [-0.39, 0.29) is 12.5 Å². The van der Waals surface area contributed by atoms with Crippen molar-refractivity contribution < 1.29 is 9.84 Å². The van der Waals surface area contributed by atoms with Crippen LogP contribution >= 0.6 is 15.9 Å². The average Bonchev–Trinajstić information content (AvgIpc) is 2.51. The maximum atomic E-state index is 9.54. The normalized spacial score (nSPS) is 17.6. The van der Waals surface area contributed by atoms with Crippen LogP contribution in [0.2, 0.25) is 0 Å². The number of benzene rings is 1. The number of hydrogen-bond donors (Lipinski definition) is 1. The number of likely N-dealkylation sites (N-methyl/N-ethyl adjacent to an activating group) is 1. The summed E-state index contributed by atoms with van der Waals surface area (Å²) in [5, 5.41) is 9.54. The van der Waals surface area contributed by atoms with Gasteiger partial charge in [0.25, 0.3) is 0 Å². The SMILES string of the molecule is CC(C)C(C1=CC=C(Oc2ccc(Br)cc2)N(C)C1)C(C)CO. The van der Waals surface area contributed by atoms with Crippen LogP contribution in [0.4, 0.5) is 0 Å². The molecule has 0 saturated heterocycles. The highest BCUT2D eigenvalue weighted by Crippen LogP contribution is 2.32. The highest BCUT2D eigenvalue weighted by atomic mass is 79.9. The van der Waals surface area contributed by atoms with Crippen molar-refractivity contribution in [2.45, 2.75) is 20.8 Å². The summed E-state index contributed by atoms with van der Waals surface area (Å²) >= 11 is 3.43. The van der Waals surface area contributed by atoms with E-state index in [4.69, 9.17) is 4.74 Å². The summed E-state index contributed by atoms with van der Waals surface area (Å²) in [6, 6.07) is 7.83. The Morgan fingerprint density at radius 1 is 1.17 bits per heavy atom. The maximum absolute atomic E-state index is 9.54. The Morgan fingerprint density at radius 2 is 1.83 bits per heavy atom. The molecule has 0 radical (unpaired) electrons. The van der Waals surface area contributed by atoms with Gasteiger partial charge in [-0.2, -0.15) is 0 Å². The lowest BCUT2D eigenvalue weighted by Gasteiger charge is -2.34. The van der Waals surface area contributed by atoms with Crippen molar-refractivity contribution in [3.63, 3.8) is 0 Å². The van der Waals surface area contributed by atoms with Crippen LogP contribution in [-0.2, 0) is 0 Å². The first-order valence-electron chi connectivity index (χ1n) is 8.08. The van der Waals surface area contributed by atoms with E-state index >= 15 is 0 Å². The fourth-order valence-electron chi connectivity index (χ4n) is 3.23. The highest BCUT2D eigenvalue weighted by Gasteiger charge is 2.27. The Hall–Kier alpha value is -1.26. The van der Waals surface area contributed by atoms with Crippen molar-refractivity contribution in [3.8, 4) is 5.75 Å². The zero-order valence-electron chi connectivity index (χ0n) is 14.3. The second-order valence-corrected chi connectivity index (χ2v) is 7.50. The second-order valence-electron chi connectivity index (χ2n) is 6.59. The molecule has 1 N–H and O–H groups in total. The van der Waals surface area contributed by atoms with Gasteiger partial charge in [0.15, 0.2) is 5.88 Å². The lowest BCUT2D eigenvalue weighted by molar-refractivity contribution is 0.168. The molecule has 1 aliphatic heterocycles. The molecule has 4 heteroatoms. The predicted molar refractivity (Wildman–Crippen MR) is 98.1 cm³/mol. The third kappa shape index (κ3) is 4.61. The Labute approximate surface area is 147 Å². The number of aliphatic hydroxyl groups excluding tert-OH is 1. The summed E-state index contributed by atoms with van der Waals surface area (Å²) < 4.78 is 7.01. The van der Waals surface area contributed by atoms with Gasteiger partial charge in [0.1, 0.15) is 5.75 Å². The van der Waals surface area contributed by atoms with Gasteiger partial charge >= 0.3 is 0 Å². The summed E-state index contributed by atoms with van der Waals surface area (Å²) in [6.45, 7) is 7.60. The number of nitrogens with zero attached hydrogens (tertiary/aromatic N) is 1. The van der Waals surface area contributed by atoms with Gasteiger partial charge in [-0.1, -0.05) is 42.8 Å². The number of ether oxygens (including phenoxy) is 1. The van der Waals surface area contributed by atoms with E-state index in [0.29, 0.717) is 11.8 Å². The van der Waals surface area contributed by atoms with Gasteiger partial charge in [0, 0.05) is 24.7 Å². The van der Waals surface area contributed by atoms with E-state index in [9.17, 15) is 5.11 Å². The van der Waals surface area contributed by atoms with Crippen LogP contribution in [0.25, 0.3) is 0 Å². The number of allylic oxidation sites excluding steroid dienone is 2. The Bertz CT molecular complexity index is 578. The van der Waals surface area contributed by atoms with Crippen LogP contribution in [0.1, 0.15) is 20.8 Å². The molecule has 0 spiro atoms. The summed E-state index contributed by atoms with van der Waals surface area (Å²) in [5.41, 5.74) is 1.35. The van der Waals surface area contributed by atoms with Crippen LogP contribution in [0.5, 0.6) is 5.75 Å². The van der Waals surface area contributed by atoms with Crippen molar-refractivity contribution in [1.82, 2.24) is 4.90 Å². The van der Waals surface area contributed by atoms with Gasteiger partial charge in [0.2, 0.25) is 0 Å². The zero-order valence-corrected chi connectivity index (χ0v) is 15.9. The summed E-state index contributed by atoms with van der Waals surface area (Å²) in [7, 11) is 2.04. The third-order valence-corrected chi connectivity index (χ3v) is 4.85. The Morgan fingerprint density at radius 3 is 2.35 bits per heavy atom. The fraction of sp³-hybridized carbons (Fsp3) is 0.474. The standard InChI is InChI=1S/C19H26BrNO2/c1-13(2)19(14(3)12-22)15-5-10-18(21(4)11-15)23-17-8-6-16(20)7-9-17/h5-10,13-14,19,22H,11-12H2,1-4H3. The van der Waals surface area contributed by atoms with Crippen LogP contribution in [0, 0.1) is 17.8 Å². The largest absolute Gasteiger partial charge is 0.441 e. The highest BCUT2D eigenvalue weighted by molar-refractivity contribution is 9.10. The van der Waals surface area contributed by atoms with Crippen LogP contribution in [-0.4, -0.2) is 30.2 Å². The van der Waals surface area contributed by atoms with Crippen molar-refractivity contribution >= 4 is 15.9 Å². The first-order valence-corrected chi connectivity index (χ1v) is 8.87. The van der Waals surface area contributed by atoms with E-state index < -0.39 is 0 Å². The molecule has 2 unspecified atom stereocenters. The number of rotatable bonds is 6. The molecule has 2 atom stereocenters. The molecule has 2 rings (SSSR count). The number of aliphatic hydroxyl groups is 1. The molecule has 0 fully saturated rings. The van der Waals surface area contributed by atoms with Gasteiger partial charge in [-0.3, -0.25) is 0 Å². The van der Waals surface area contributed by atoms with E-state index in [0.717, 1.165) is 22.7 Å². The van der Waals surface area contributed by atoms with Gasteiger partial charge in [-0.15, -0.1) is 0 Å². The lowest BCUT2D eigenvalue weighted by atomic mass is 9.78.